The minimum Gasteiger partial charge on any atom is -0.421 e. The van der Waals surface area contributed by atoms with E-state index in [9.17, 15) is 9.59 Å². The van der Waals surface area contributed by atoms with Crippen LogP contribution in [0.1, 0.15) is 44.2 Å². The molecule has 0 amide bonds. The number of pyridine rings is 1. The molecule has 30 heavy (non-hydrogen) atoms. The van der Waals surface area contributed by atoms with Crippen molar-refractivity contribution >= 4 is 16.7 Å². The van der Waals surface area contributed by atoms with Crippen molar-refractivity contribution in [2.45, 2.75) is 45.1 Å². The van der Waals surface area contributed by atoms with E-state index in [2.05, 4.69) is 10.00 Å². The first kappa shape index (κ1) is 20.6. The summed E-state index contributed by atoms with van der Waals surface area (Å²) in [5, 5.41) is 4.45. The summed E-state index contributed by atoms with van der Waals surface area (Å²) in [5.41, 5.74) is 0.179. The number of likely N-dealkylation sites (tertiary alicyclic amines) is 1. The van der Waals surface area contributed by atoms with E-state index in [-0.39, 0.29) is 17.8 Å². The highest BCUT2D eigenvalue weighted by atomic mass is 16.5. The maximum absolute atomic E-state index is 12.0. The Morgan fingerprint density at radius 3 is 2.53 bits per heavy atom. The van der Waals surface area contributed by atoms with Crippen LogP contribution in [0.2, 0.25) is 0 Å². The van der Waals surface area contributed by atoms with Gasteiger partial charge in [-0.05, 0) is 57.5 Å². The molecular formula is C22H27N3O5. The van der Waals surface area contributed by atoms with E-state index in [0.717, 1.165) is 31.5 Å². The molecule has 1 aliphatic rings. The van der Waals surface area contributed by atoms with Crippen LogP contribution in [-0.4, -0.2) is 40.8 Å². The van der Waals surface area contributed by atoms with Gasteiger partial charge in [-0.3, -0.25) is 0 Å². The van der Waals surface area contributed by atoms with E-state index in [0.29, 0.717) is 17.8 Å². The van der Waals surface area contributed by atoms with Crippen LogP contribution in [0.25, 0.3) is 16.7 Å². The SMILES string of the molecule is O=c1ccc(=O)oc2c(COCCCCN3CCCCCC3)nn3cccc(o1)c23. The second kappa shape index (κ2) is 9.86. The predicted molar refractivity (Wildman–Crippen MR) is 112 cm³/mol. The standard InChI is InChI=1S/C22H27N3O5/c26-19-9-10-20(27)30-22-17(23-25-14-7-8-18(29-19)21(22)25)16-28-15-6-5-13-24-11-3-1-2-4-12-24/h7-10,14H,1-6,11-13,15-16H2. The molecule has 8 nitrogen and oxygen atoms in total. The Balaban J connectivity index is 1.43. The average molecular weight is 413 g/mol. The fraction of sp³-hybridized carbons (Fsp3) is 0.500. The minimum absolute atomic E-state index is 0.213. The third kappa shape index (κ3) is 5.06. The number of ether oxygens (including phenoxy) is 1. The number of hydrogen-bond acceptors (Lipinski definition) is 7. The smallest absolute Gasteiger partial charge is 0.336 e. The van der Waals surface area contributed by atoms with Gasteiger partial charge in [0.2, 0.25) is 0 Å². The summed E-state index contributed by atoms with van der Waals surface area (Å²) in [7, 11) is 0. The third-order valence-corrected chi connectivity index (χ3v) is 5.36. The molecule has 1 saturated heterocycles. The lowest BCUT2D eigenvalue weighted by Crippen LogP contribution is -2.25. The highest BCUT2D eigenvalue weighted by Gasteiger charge is 2.14. The van der Waals surface area contributed by atoms with Gasteiger partial charge in [-0.2, -0.15) is 5.10 Å². The molecule has 1 fully saturated rings. The van der Waals surface area contributed by atoms with Crippen LogP contribution in [0.4, 0.5) is 0 Å². The normalized spacial score (nSPS) is 15.5. The third-order valence-electron chi connectivity index (χ3n) is 5.36. The summed E-state index contributed by atoms with van der Waals surface area (Å²) in [4.78, 5) is 26.4. The zero-order chi connectivity index (χ0) is 20.8. The fourth-order valence-corrected chi connectivity index (χ4v) is 3.85. The number of unbranched alkanes of at least 4 members (excludes halogenated alkanes) is 1. The molecule has 4 rings (SSSR count). The summed E-state index contributed by atoms with van der Waals surface area (Å²) in [5.74, 6) is 0. The van der Waals surface area contributed by atoms with Crippen molar-refractivity contribution in [1.29, 1.82) is 0 Å². The van der Waals surface area contributed by atoms with Crippen molar-refractivity contribution in [3.05, 3.63) is 57.0 Å². The molecule has 0 spiro atoms. The summed E-state index contributed by atoms with van der Waals surface area (Å²) in [6.45, 7) is 4.35. The van der Waals surface area contributed by atoms with E-state index in [1.807, 2.05) is 0 Å². The van der Waals surface area contributed by atoms with Gasteiger partial charge < -0.3 is 18.5 Å². The molecule has 0 bridgehead atoms. The van der Waals surface area contributed by atoms with E-state index in [4.69, 9.17) is 13.6 Å². The molecule has 0 unspecified atom stereocenters. The Hall–Kier alpha value is -2.71. The summed E-state index contributed by atoms with van der Waals surface area (Å²) < 4.78 is 18.1. The lowest BCUT2D eigenvalue weighted by atomic mass is 10.2. The van der Waals surface area contributed by atoms with Gasteiger partial charge >= 0.3 is 11.3 Å². The number of hydrogen-bond donors (Lipinski definition) is 0. The predicted octanol–water partition coefficient (Wildman–Crippen LogP) is 3.13. The molecule has 8 heteroatoms. The lowest BCUT2D eigenvalue weighted by molar-refractivity contribution is 0.111. The van der Waals surface area contributed by atoms with E-state index in [1.165, 1.54) is 43.3 Å². The van der Waals surface area contributed by atoms with Gasteiger partial charge in [0.05, 0.1) is 6.61 Å². The van der Waals surface area contributed by atoms with Crippen LogP contribution in [0.3, 0.4) is 0 Å². The molecule has 0 aromatic carbocycles. The van der Waals surface area contributed by atoms with Crippen molar-refractivity contribution in [3.8, 4) is 0 Å². The fourth-order valence-electron chi connectivity index (χ4n) is 3.85. The Labute approximate surface area is 173 Å². The van der Waals surface area contributed by atoms with E-state index < -0.39 is 11.3 Å². The van der Waals surface area contributed by atoms with Crippen LogP contribution in [0, 0.1) is 0 Å². The van der Waals surface area contributed by atoms with Crippen molar-refractivity contribution in [2.75, 3.05) is 26.2 Å². The molecule has 0 radical (unpaired) electrons. The van der Waals surface area contributed by atoms with E-state index >= 15 is 0 Å². The summed E-state index contributed by atoms with van der Waals surface area (Å²) >= 11 is 0. The maximum atomic E-state index is 12.0. The van der Waals surface area contributed by atoms with Crippen LogP contribution in [0.15, 0.2) is 48.9 Å². The topological polar surface area (TPSA) is 90.2 Å². The van der Waals surface area contributed by atoms with Gasteiger partial charge in [0.15, 0.2) is 16.7 Å². The van der Waals surface area contributed by atoms with Crippen molar-refractivity contribution in [2.24, 2.45) is 0 Å². The van der Waals surface area contributed by atoms with Gasteiger partial charge in [0, 0.05) is 24.9 Å². The summed E-state index contributed by atoms with van der Waals surface area (Å²) in [6.07, 6.45) is 9.07. The summed E-state index contributed by atoms with van der Waals surface area (Å²) in [6, 6.07) is 5.44. The molecule has 0 atom stereocenters. The molecule has 160 valence electrons. The highest BCUT2D eigenvalue weighted by Crippen LogP contribution is 2.21. The largest absolute Gasteiger partial charge is 0.421 e. The molecule has 0 saturated carbocycles. The molecule has 0 N–H and O–H groups in total. The highest BCUT2D eigenvalue weighted by molar-refractivity contribution is 5.88. The van der Waals surface area contributed by atoms with Gasteiger partial charge in [0.25, 0.3) is 0 Å². The first-order chi connectivity index (χ1) is 14.7. The average Bonchev–Trinajstić information content (AvgIpc) is 2.91. The molecular weight excluding hydrogens is 386 g/mol. The first-order valence-electron chi connectivity index (χ1n) is 10.6. The van der Waals surface area contributed by atoms with Crippen LogP contribution in [0.5, 0.6) is 0 Å². The van der Waals surface area contributed by atoms with E-state index in [1.54, 1.807) is 18.3 Å². The van der Waals surface area contributed by atoms with Crippen molar-refractivity contribution in [1.82, 2.24) is 14.5 Å². The zero-order valence-corrected chi connectivity index (χ0v) is 17.0. The lowest BCUT2D eigenvalue weighted by Gasteiger charge is -2.19. The van der Waals surface area contributed by atoms with Gasteiger partial charge in [-0.15, -0.1) is 0 Å². The molecule has 4 heterocycles. The molecule has 3 aromatic heterocycles. The quantitative estimate of drug-likeness (QED) is 0.550. The Morgan fingerprint density at radius 1 is 0.967 bits per heavy atom. The Kier molecular flexibility index (Phi) is 6.76. The van der Waals surface area contributed by atoms with Crippen LogP contribution < -0.4 is 11.3 Å². The Bertz CT molecular complexity index is 1120. The minimum atomic E-state index is -0.655. The second-order valence-corrected chi connectivity index (χ2v) is 7.63. The molecule has 0 aliphatic carbocycles. The zero-order valence-electron chi connectivity index (χ0n) is 17.0. The number of rotatable bonds is 7. The number of nitrogens with zero attached hydrogens (tertiary/aromatic N) is 3. The maximum Gasteiger partial charge on any atom is 0.336 e. The van der Waals surface area contributed by atoms with Crippen LogP contribution >= 0.6 is 0 Å². The van der Waals surface area contributed by atoms with Gasteiger partial charge in [0.1, 0.15) is 5.69 Å². The van der Waals surface area contributed by atoms with Gasteiger partial charge in [-0.25, -0.2) is 14.1 Å². The molecule has 1 aliphatic heterocycles. The Morgan fingerprint density at radius 2 is 1.73 bits per heavy atom. The second-order valence-electron chi connectivity index (χ2n) is 7.63. The van der Waals surface area contributed by atoms with Crippen molar-refractivity contribution in [3.63, 3.8) is 0 Å². The van der Waals surface area contributed by atoms with Gasteiger partial charge in [-0.1, -0.05) is 12.8 Å². The van der Waals surface area contributed by atoms with Crippen molar-refractivity contribution < 1.29 is 13.6 Å². The number of aromatic nitrogens is 2. The monoisotopic (exact) mass is 413 g/mol. The first-order valence-corrected chi connectivity index (χ1v) is 10.6. The van der Waals surface area contributed by atoms with Crippen LogP contribution in [-0.2, 0) is 11.3 Å². The molecule has 3 aromatic rings.